The van der Waals surface area contributed by atoms with Crippen LogP contribution >= 0.6 is 0 Å². The summed E-state index contributed by atoms with van der Waals surface area (Å²) in [5.74, 6) is -1.78. The molecule has 0 aliphatic carbocycles. The number of amides is 1. The molecule has 0 bridgehead atoms. The molecule has 1 amide bonds. The second-order valence-electron chi connectivity index (χ2n) is 5.76. The number of carbonyl (C=O) groups is 2. The molecule has 120 valence electrons. The van der Waals surface area contributed by atoms with Crippen molar-refractivity contribution in [3.8, 4) is 0 Å². The third-order valence-corrected chi connectivity index (χ3v) is 4.36. The van der Waals surface area contributed by atoms with Crippen LogP contribution in [0, 0.1) is 5.92 Å². The molecule has 1 aromatic heterocycles. The number of likely N-dealkylation sites (tertiary alicyclic amines) is 1. The molecule has 1 aliphatic rings. The Bertz CT molecular complexity index is 711. The van der Waals surface area contributed by atoms with Gasteiger partial charge in [0.15, 0.2) is 0 Å². The van der Waals surface area contributed by atoms with Crippen molar-refractivity contribution in [3.63, 3.8) is 0 Å². The molecular weight excluding hydrogens is 294 g/mol. The number of hydrogen-bond donors (Lipinski definition) is 1. The summed E-state index contributed by atoms with van der Waals surface area (Å²) < 4.78 is 1.69. The minimum absolute atomic E-state index is 0.158. The molecule has 2 aromatic rings. The summed E-state index contributed by atoms with van der Waals surface area (Å²) in [6.45, 7) is 3.28. The molecule has 2 atom stereocenters. The van der Waals surface area contributed by atoms with Crippen LogP contribution in [0.2, 0.25) is 0 Å². The lowest BCUT2D eigenvalue weighted by atomic mass is 9.89. The second-order valence-corrected chi connectivity index (χ2v) is 5.76. The zero-order valence-electron chi connectivity index (χ0n) is 12.9. The number of rotatable bonds is 4. The van der Waals surface area contributed by atoms with E-state index >= 15 is 0 Å². The largest absolute Gasteiger partial charge is 0.481 e. The van der Waals surface area contributed by atoms with Gasteiger partial charge in [-0.15, -0.1) is 0 Å². The minimum atomic E-state index is -0.863. The molecule has 1 aliphatic heterocycles. The standard InChI is InChI=1S/C17H19N3O3/c1-2-20-9-13(8-18-20)16(21)19-10-14(15(11-19)17(22)23)12-6-4-3-5-7-12/h3-9,14-15H,2,10-11H2,1H3,(H,22,23)/t14-,15-/m0/s1. The van der Waals surface area contributed by atoms with Gasteiger partial charge < -0.3 is 10.0 Å². The number of hydrogen-bond acceptors (Lipinski definition) is 3. The van der Waals surface area contributed by atoms with E-state index in [-0.39, 0.29) is 18.4 Å². The van der Waals surface area contributed by atoms with E-state index in [4.69, 9.17) is 0 Å². The fourth-order valence-electron chi connectivity index (χ4n) is 3.09. The van der Waals surface area contributed by atoms with E-state index in [1.807, 2.05) is 37.3 Å². The topological polar surface area (TPSA) is 75.4 Å². The molecule has 1 aromatic carbocycles. The number of carbonyl (C=O) groups excluding carboxylic acids is 1. The first-order chi connectivity index (χ1) is 11.1. The molecule has 0 unspecified atom stereocenters. The average molecular weight is 313 g/mol. The van der Waals surface area contributed by atoms with Gasteiger partial charge in [0, 0.05) is 31.7 Å². The second kappa shape index (κ2) is 6.24. The van der Waals surface area contributed by atoms with Crippen molar-refractivity contribution in [3.05, 3.63) is 53.9 Å². The summed E-state index contributed by atoms with van der Waals surface area (Å²) in [5.41, 5.74) is 1.46. The van der Waals surface area contributed by atoms with Crippen molar-refractivity contribution >= 4 is 11.9 Å². The normalized spacial score (nSPS) is 20.7. The van der Waals surface area contributed by atoms with Crippen LogP contribution in [0.25, 0.3) is 0 Å². The first-order valence-corrected chi connectivity index (χ1v) is 7.69. The quantitative estimate of drug-likeness (QED) is 0.934. The zero-order valence-corrected chi connectivity index (χ0v) is 12.9. The minimum Gasteiger partial charge on any atom is -0.481 e. The molecule has 23 heavy (non-hydrogen) atoms. The van der Waals surface area contributed by atoms with Crippen molar-refractivity contribution in [1.82, 2.24) is 14.7 Å². The smallest absolute Gasteiger partial charge is 0.308 e. The SMILES string of the molecule is CCn1cc(C(=O)N2C[C@H](C(=O)O)[C@H](c3ccccc3)C2)cn1. The van der Waals surface area contributed by atoms with E-state index in [1.54, 1.807) is 15.8 Å². The van der Waals surface area contributed by atoms with E-state index < -0.39 is 11.9 Å². The zero-order chi connectivity index (χ0) is 16.4. The number of carboxylic acid groups (broad SMARTS) is 1. The summed E-state index contributed by atoms with van der Waals surface area (Å²) in [6.07, 6.45) is 3.24. The molecule has 1 fully saturated rings. The lowest BCUT2D eigenvalue weighted by Crippen LogP contribution is -2.29. The number of benzene rings is 1. The van der Waals surface area contributed by atoms with Gasteiger partial charge in [0.1, 0.15) is 0 Å². The Balaban J connectivity index is 1.82. The van der Waals surface area contributed by atoms with Crippen molar-refractivity contribution < 1.29 is 14.7 Å². The fraction of sp³-hybridized carbons (Fsp3) is 0.353. The molecule has 1 N–H and O–H groups in total. The van der Waals surface area contributed by atoms with Crippen LogP contribution in [0.3, 0.4) is 0 Å². The molecule has 0 radical (unpaired) electrons. The van der Waals surface area contributed by atoms with E-state index in [9.17, 15) is 14.7 Å². The van der Waals surface area contributed by atoms with Crippen molar-refractivity contribution in [2.24, 2.45) is 5.92 Å². The van der Waals surface area contributed by atoms with Crippen molar-refractivity contribution in [1.29, 1.82) is 0 Å². The molecule has 0 saturated carbocycles. The highest BCUT2D eigenvalue weighted by Gasteiger charge is 2.40. The van der Waals surface area contributed by atoms with Gasteiger partial charge in [-0.1, -0.05) is 30.3 Å². The van der Waals surface area contributed by atoms with Gasteiger partial charge in [-0.2, -0.15) is 5.10 Å². The molecule has 0 spiro atoms. The Morgan fingerprint density at radius 1 is 1.26 bits per heavy atom. The fourth-order valence-corrected chi connectivity index (χ4v) is 3.09. The maximum Gasteiger partial charge on any atom is 0.308 e. The highest BCUT2D eigenvalue weighted by Crippen LogP contribution is 2.33. The Labute approximate surface area is 134 Å². The number of aromatic nitrogens is 2. The maximum absolute atomic E-state index is 12.6. The van der Waals surface area contributed by atoms with Gasteiger partial charge >= 0.3 is 5.97 Å². The van der Waals surface area contributed by atoms with E-state index in [0.29, 0.717) is 18.7 Å². The predicted molar refractivity (Wildman–Crippen MR) is 84.1 cm³/mol. The number of carboxylic acids is 1. The van der Waals surface area contributed by atoms with Crippen molar-refractivity contribution in [2.45, 2.75) is 19.4 Å². The van der Waals surface area contributed by atoms with E-state index in [0.717, 1.165) is 5.56 Å². The molecule has 2 heterocycles. The van der Waals surface area contributed by atoms with Gasteiger partial charge in [0.05, 0.1) is 17.7 Å². The lowest BCUT2D eigenvalue weighted by molar-refractivity contribution is -0.141. The number of aliphatic carboxylic acids is 1. The van der Waals surface area contributed by atoms with Crippen LogP contribution in [0.4, 0.5) is 0 Å². The van der Waals surface area contributed by atoms with E-state index in [1.165, 1.54) is 6.20 Å². The maximum atomic E-state index is 12.6. The summed E-state index contributed by atoms with van der Waals surface area (Å²) in [6, 6.07) is 9.53. The van der Waals surface area contributed by atoms with Crippen LogP contribution in [-0.4, -0.2) is 44.8 Å². The summed E-state index contributed by atoms with van der Waals surface area (Å²) in [5, 5.41) is 13.6. The average Bonchev–Trinajstić information content (AvgIpc) is 3.22. The Hall–Kier alpha value is -2.63. The predicted octanol–water partition coefficient (Wildman–Crippen LogP) is 1.84. The van der Waals surface area contributed by atoms with Gasteiger partial charge in [-0.3, -0.25) is 14.3 Å². The van der Waals surface area contributed by atoms with Gasteiger partial charge in [0.2, 0.25) is 0 Å². The Morgan fingerprint density at radius 3 is 2.61 bits per heavy atom. The van der Waals surface area contributed by atoms with E-state index in [2.05, 4.69) is 5.10 Å². The summed E-state index contributed by atoms with van der Waals surface area (Å²) in [4.78, 5) is 25.8. The Kier molecular flexibility index (Phi) is 4.14. The molecule has 6 nitrogen and oxygen atoms in total. The lowest BCUT2D eigenvalue weighted by Gasteiger charge is -2.15. The van der Waals surface area contributed by atoms with Crippen LogP contribution in [0.15, 0.2) is 42.7 Å². The Morgan fingerprint density at radius 2 is 2.00 bits per heavy atom. The molecular formula is C17H19N3O3. The first kappa shape index (κ1) is 15.3. The highest BCUT2D eigenvalue weighted by atomic mass is 16.4. The highest BCUT2D eigenvalue weighted by molar-refractivity contribution is 5.94. The monoisotopic (exact) mass is 313 g/mol. The third kappa shape index (κ3) is 2.97. The molecule has 3 rings (SSSR count). The third-order valence-electron chi connectivity index (χ3n) is 4.36. The summed E-state index contributed by atoms with van der Waals surface area (Å²) in [7, 11) is 0. The van der Waals surface area contributed by atoms with Crippen LogP contribution in [0.1, 0.15) is 28.8 Å². The molecule has 6 heteroatoms. The molecule has 1 saturated heterocycles. The summed E-state index contributed by atoms with van der Waals surface area (Å²) >= 11 is 0. The number of aryl methyl sites for hydroxylation is 1. The van der Waals surface area contributed by atoms with Crippen LogP contribution < -0.4 is 0 Å². The van der Waals surface area contributed by atoms with Gasteiger partial charge in [0.25, 0.3) is 5.91 Å². The van der Waals surface area contributed by atoms with Gasteiger partial charge in [-0.05, 0) is 12.5 Å². The number of nitrogens with zero attached hydrogens (tertiary/aromatic N) is 3. The van der Waals surface area contributed by atoms with Crippen LogP contribution in [0.5, 0.6) is 0 Å². The van der Waals surface area contributed by atoms with Crippen molar-refractivity contribution in [2.75, 3.05) is 13.1 Å². The van der Waals surface area contributed by atoms with Crippen LogP contribution in [-0.2, 0) is 11.3 Å². The van der Waals surface area contributed by atoms with Gasteiger partial charge in [-0.25, -0.2) is 0 Å². The first-order valence-electron chi connectivity index (χ1n) is 7.69.